The normalized spacial score (nSPS) is 14.7. The molecule has 4 rings (SSSR count). The zero-order valence-corrected chi connectivity index (χ0v) is 17.2. The molecule has 0 saturated heterocycles. The van der Waals surface area contributed by atoms with Gasteiger partial charge in [-0.05, 0) is 42.8 Å². The highest BCUT2D eigenvalue weighted by atomic mass is 19.1. The number of hydrogen-bond acceptors (Lipinski definition) is 6. The number of allylic oxidation sites excluding steroid dienone is 1. The molecule has 1 unspecified atom stereocenters. The first kappa shape index (κ1) is 20.9. The van der Waals surface area contributed by atoms with E-state index in [4.69, 9.17) is 19.9 Å². The van der Waals surface area contributed by atoms with Crippen LogP contribution >= 0.6 is 0 Å². The average molecular weight is 430 g/mol. The lowest BCUT2D eigenvalue weighted by Gasteiger charge is -2.27. The van der Waals surface area contributed by atoms with E-state index in [0.29, 0.717) is 23.7 Å². The van der Waals surface area contributed by atoms with Gasteiger partial charge in [0.1, 0.15) is 34.7 Å². The molecule has 3 aromatic rings. The molecule has 7 heteroatoms. The van der Waals surface area contributed by atoms with Gasteiger partial charge in [0.2, 0.25) is 5.88 Å². The topological polar surface area (TPSA) is 94.6 Å². The third-order valence-electron chi connectivity index (χ3n) is 5.00. The van der Waals surface area contributed by atoms with Gasteiger partial charge in [0, 0.05) is 11.6 Å². The van der Waals surface area contributed by atoms with Gasteiger partial charge in [-0.25, -0.2) is 9.18 Å². The Labute approximate surface area is 184 Å². The van der Waals surface area contributed by atoms with E-state index in [2.05, 4.69) is 6.07 Å². The fraction of sp³-hybridized carbons (Fsp3) is 0.120. The number of esters is 1. The smallest absolute Gasteiger partial charge is 0.346 e. The lowest BCUT2D eigenvalue weighted by atomic mass is 9.83. The van der Waals surface area contributed by atoms with Crippen molar-refractivity contribution in [2.24, 2.45) is 5.73 Å². The number of nitriles is 1. The van der Waals surface area contributed by atoms with Gasteiger partial charge < -0.3 is 19.9 Å². The summed E-state index contributed by atoms with van der Waals surface area (Å²) in [6.07, 6.45) is 0. The van der Waals surface area contributed by atoms with Crippen molar-refractivity contribution >= 4 is 5.97 Å². The Bertz CT molecular complexity index is 1260. The molecule has 0 aromatic heterocycles. The quantitative estimate of drug-likeness (QED) is 0.467. The number of carbonyl (C=O) groups excluding carboxylic acids is 1. The van der Waals surface area contributed by atoms with Crippen LogP contribution in [0.3, 0.4) is 0 Å². The van der Waals surface area contributed by atoms with Gasteiger partial charge in [-0.2, -0.15) is 5.26 Å². The number of carbonyl (C=O) groups is 1. The Hall–Kier alpha value is -4.31. The molecule has 6 nitrogen and oxygen atoms in total. The van der Waals surface area contributed by atoms with E-state index >= 15 is 0 Å². The molecular weight excluding hydrogens is 411 g/mol. The number of benzene rings is 3. The summed E-state index contributed by atoms with van der Waals surface area (Å²) in [6.45, 7) is 2.40. The van der Waals surface area contributed by atoms with E-state index in [1.807, 2.05) is 31.2 Å². The van der Waals surface area contributed by atoms with Crippen molar-refractivity contribution in [2.75, 3.05) is 6.61 Å². The zero-order chi connectivity index (χ0) is 22.7. The van der Waals surface area contributed by atoms with E-state index < -0.39 is 17.7 Å². The summed E-state index contributed by atoms with van der Waals surface area (Å²) in [6, 6.07) is 19.8. The highest BCUT2D eigenvalue weighted by molar-refractivity contribution is 5.91. The molecule has 2 N–H and O–H groups in total. The van der Waals surface area contributed by atoms with Gasteiger partial charge in [0.15, 0.2) is 0 Å². The fourth-order valence-corrected chi connectivity index (χ4v) is 3.58. The number of halogens is 1. The zero-order valence-electron chi connectivity index (χ0n) is 17.2. The van der Waals surface area contributed by atoms with Crippen LogP contribution in [0, 0.1) is 17.1 Å². The SMILES string of the molecule is CCOc1cccc(C2C(C#N)=C(N)Oc3cc(OC(=O)c4ccccc4F)ccc32)c1. The van der Waals surface area contributed by atoms with Gasteiger partial charge in [-0.1, -0.05) is 30.3 Å². The molecule has 1 aliphatic rings. The van der Waals surface area contributed by atoms with E-state index in [-0.39, 0.29) is 22.8 Å². The van der Waals surface area contributed by atoms with Gasteiger partial charge >= 0.3 is 5.97 Å². The van der Waals surface area contributed by atoms with Crippen LogP contribution in [-0.2, 0) is 0 Å². The Morgan fingerprint density at radius 2 is 1.94 bits per heavy atom. The first-order valence-corrected chi connectivity index (χ1v) is 9.92. The summed E-state index contributed by atoms with van der Waals surface area (Å²) in [7, 11) is 0. The molecule has 1 aliphatic heterocycles. The number of rotatable bonds is 5. The molecule has 0 fully saturated rings. The predicted molar refractivity (Wildman–Crippen MR) is 115 cm³/mol. The van der Waals surface area contributed by atoms with Crippen molar-refractivity contribution in [1.82, 2.24) is 0 Å². The van der Waals surface area contributed by atoms with Crippen LogP contribution in [0.4, 0.5) is 4.39 Å². The van der Waals surface area contributed by atoms with Gasteiger partial charge in [-0.3, -0.25) is 0 Å². The second kappa shape index (κ2) is 8.82. The van der Waals surface area contributed by atoms with Crippen LogP contribution in [0.5, 0.6) is 17.2 Å². The van der Waals surface area contributed by atoms with Crippen molar-refractivity contribution in [3.8, 4) is 23.3 Å². The fourth-order valence-electron chi connectivity index (χ4n) is 3.58. The van der Waals surface area contributed by atoms with Crippen LogP contribution in [-0.4, -0.2) is 12.6 Å². The molecule has 32 heavy (non-hydrogen) atoms. The van der Waals surface area contributed by atoms with Crippen LogP contribution < -0.4 is 19.9 Å². The maximum absolute atomic E-state index is 13.9. The standard InChI is InChI=1S/C25H19FN2O4/c1-2-30-16-7-5-6-15(12-16)23-19-11-10-17(13-22(19)32-24(28)20(23)14-27)31-25(29)18-8-3-4-9-21(18)26/h3-13,23H,2,28H2,1H3. The molecule has 1 heterocycles. The minimum atomic E-state index is -0.832. The maximum atomic E-state index is 13.9. The number of fused-ring (bicyclic) bond motifs is 1. The Kier molecular flexibility index (Phi) is 5.77. The Balaban J connectivity index is 1.70. The van der Waals surface area contributed by atoms with Crippen molar-refractivity contribution in [1.29, 1.82) is 5.26 Å². The van der Waals surface area contributed by atoms with E-state index in [1.54, 1.807) is 18.2 Å². The van der Waals surface area contributed by atoms with Gasteiger partial charge in [0.05, 0.1) is 18.1 Å². The molecule has 0 radical (unpaired) electrons. The van der Waals surface area contributed by atoms with Crippen molar-refractivity contribution in [2.45, 2.75) is 12.8 Å². The first-order valence-electron chi connectivity index (χ1n) is 9.92. The summed E-state index contributed by atoms with van der Waals surface area (Å²) < 4.78 is 30.5. The molecule has 0 amide bonds. The summed E-state index contributed by atoms with van der Waals surface area (Å²) in [4.78, 5) is 12.4. The van der Waals surface area contributed by atoms with E-state index in [0.717, 1.165) is 5.56 Å². The Morgan fingerprint density at radius 1 is 1.12 bits per heavy atom. The molecule has 160 valence electrons. The maximum Gasteiger partial charge on any atom is 0.346 e. The second-order valence-corrected chi connectivity index (χ2v) is 7.00. The van der Waals surface area contributed by atoms with Crippen LogP contribution in [0.2, 0.25) is 0 Å². The molecule has 0 saturated carbocycles. The van der Waals surface area contributed by atoms with Crippen molar-refractivity contribution < 1.29 is 23.4 Å². The molecule has 0 spiro atoms. The van der Waals surface area contributed by atoms with Crippen LogP contribution in [0.1, 0.15) is 34.3 Å². The van der Waals surface area contributed by atoms with Crippen molar-refractivity contribution in [3.05, 3.63) is 101 Å². The third-order valence-corrected chi connectivity index (χ3v) is 5.00. The van der Waals surface area contributed by atoms with E-state index in [1.165, 1.54) is 24.3 Å². The number of nitrogens with zero attached hydrogens (tertiary/aromatic N) is 1. The molecule has 0 aliphatic carbocycles. The number of nitrogens with two attached hydrogens (primary N) is 1. The predicted octanol–water partition coefficient (Wildman–Crippen LogP) is 4.66. The lowest BCUT2D eigenvalue weighted by molar-refractivity contribution is 0.0729. The summed E-state index contributed by atoms with van der Waals surface area (Å²) in [5, 5.41) is 9.71. The minimum Gasteiger partial charge on any atom is -0.494 e. The third kappa shape index (κ3) is 3.98. The van der Waals surface area contributed by atoms with Gasteiger partial charge in [0.25, 0.3) is 0 Å². The molecule has 1 atom stereocenters. The summed E-state index contributed by atoms with van der Waals surface area (Å²) in [5.41, 5.74) is 7.60. The van der Waals surface area contributed by atoms with Crippen LogP contribution in [0.15, 0.2) is 78.2 Å². The van der Waals surface area contributed by atoms with E-state index in [9.17, 15) is 14.4 Å². The Morgan fingerprint density at radius 3 is 2.69 bits per heavy atom. The number of ether oxygens (including phenoxy) is 3. The largest absolute Gasteiger partial charge is 0.494 e. The minimum absolute atomic E-state index is 0.0376. The molecular formula is C25H19FN2O4. The number of hydrogen-bond donors (Lipinski definition) is 1. The highest BCUT2D eigenvalue weighted by Crippen LogP contribution is 2.44. The van der Waals surface area contributed by atoms with Crippen LogP contribution in [0.25, 0.3) is 0 Å². The first-order chi connectivity index (χ1) is 15.5. The highest BCUT2D eigenvalue weighted by Gasteiger charge is 2.31. The monoisotopic (exact) mass is 430 g/mol. The van der Waals surface area contributed by atoms with Crippen molar-refractivity contribution in [3.63, 3.8) is 0 Å². The lowest BCUT2D eigenvalue weighted by Crippen LogP contribution is -2.21. The molecule has 3 aromatic carbocycles. The summed E-state index contributed by atoms with van der Waals surface area (Å²) >= 11 is 0. The second-order valence-electron chi connectivity index (χ2n) is 7.00. The summed E-state index contributed by atoms with van der Waals surface area (Å²) in [5.74, 6) is -0.860. The molecule has 0 bridgehead atoms. The van der Waals surface area contributed by atoms with Gasteiger partial charge in [-0.15, -0.1) is 0 Å². The average Bonchev–Trinajstić information content (AvgIpc) is 2.78.